The average molecular weight is 534 g/mol. The van der Waals surface area contributed by atoms with Crippen molar-refractivity contribution in [2.75, 3.05) is 58.2 Å². The maximum absolute atomic E-state index is 12.7. The molecular weight excluding hydrogens is 504 g/mol. The van der Waals surface area contributed by atoms with Gasteiger partial charge in [-0.05, 0) is 47.7 Å². The van der Waals surface area contributed by atoms with Crippen LogP contribution in [0.4, 0.5) is 5.69 Å². The lowest BCUT2D eigenvalue weighted by atomic mass is 9.97. The summed E-state index contributed by atoms with van der Waals surface area (Å²) in [6, 6.07) is 3.39. The number of benzene rings is 1. The third kappa shape index (κ3) is 6.55. The molecule has 1 aromatic rings. The Morgan fingerprint density at radius 1 is 1.34 bits per heavy atom. The van der Waals surface area contributed by atoms with Gasteiger partial charge in [0.05, 0.1) is 24.9 Å². The molecule has 162 valence electrons. The smallest absolute Gasteiger partial charge is 0.255 e. The van der Waals surface area contributed by atoms with Crippen LogP contribution in [0.25, 0.3) is 0 Å². The van der Waals surface area contributed by atoms with Gasteiger partial charge < -0.3 is 20.5 Å². The zero-order valence-electron chi connectivity index (χ0n) is 16.8. The van der Waals surface area contributed by atoms with E-state index in [4.69, 9.17) is 15.2 Å². The van der Waals surface area contributed by atoms with Crippen LogP contribution < -0.4 is 15.8 Å². The van der Waals surface area contributed by atoms with Gasteiger partial charge in [0.25, 0.3) is 5.91 Å². The molecule has 0 aliphatic carbocycles. The van der Waals surface area contributed by atoms with Crippen molar-refractivity contribution in [2.45, 2.75) is 25.9 Å². The number of morpholine rings is 1. The number of carbonyl (C=O) groups is 1. The lowest BCUT2D eigenvalue weighted by Gasteiger charge is -2.37. The van der Waals surface area contributed by atoms with Crippen LogP contribution in [0.2, 0.25) is 0 Å². The maximum Gasteiger partial charge on any atom is 0.255 e. The molecule has 1 atom stereocenters. The van der Waals surface area contributed by atoms with Gasteiger partial charge in [-0.3, -0.25) is 9.69 Å². The molecule has 1 unspecified atom stereocenters. The Hall–Kier alpha value is -0.870. The lowest BCUT2D eigenvalue weighted by molar-refractivity contribution is -0.0326. The Bertz CT molecular complexity index is 699. The van der Waals surface area contributed by atoms with Crippen molar-refractivity contribution in [1.29, 1.82) is 0 Å². The molecule has 0 radical (unpaired) electrons. The Labute approximate surface area is 189 Å². The summed E-state index contributed by atoms with van der Waals surface area (Å²) in [4.78, 5) is 15.2. The fourth-order valence-corrected chi connectivity index (χ4v) is 4.60. The van der Waals surface area contributed by atoms with Crippen molar-refractivity contribution in [3.05, 3.63) is 22.2 Å². The molecule has 2 aliphatic rings. The van der Waals surface area contributed by atoms with Crippen LogP contribution in [0.1, 0.15) is 30.1 Å². The fraction of sp³-hybridized carbons (Fsp3) is 0.650. The zero-order chi connectivity index (χ0) is 20.8. The second-order valence-electron chi connectivity index (χ2n) is 7.62. The van der Waals surface area contributed by atoms with E-state index in [1.165, 1.54) is 12.8 Å². The molecule has 2 saturated heterocycles. The van der Waals surface area contributed by atoms with Crippen LogP contribution in [-0.2, 0) is 4.74 Å². The average Bonchev–Trinajstić information content (AvgIpc) is 2.71. The standard InChI is InChI=1S/C20H30Br2N4O3/c1-2-28-19-10-18(23)17(21)9-16(19)20(27)24-11-15-13-25(7-8-29-15)12-14-3-5-26(22)6-4-14/h9-10,14-15H,2-8,11-13,23H2,1H3,(H,24,27). The highest BCUT2D eigenvalue weighted by Crippen LogP contribution is 2.29. The number of amides is 1. The van der Waals surface area contributed by atoms with E-state index in [0.717, 1.165) is 38.6 Å². The quantitative estimate of drug-likeness (QED) is 0.414. The molecule has 3 rings (SSSR count). The molecule has 2 fully saturated rings. The first-order valence-corrected chi connectivity index (χ1v) is 11.7. The summed E-state index contributed by atoms with van der Waals surface area (Å²) in [5.74, 6) is 1.05. The molecule has 1 amide bonds. The van der Waals surface area contributed by atoms with Gasteiger partial charge in [-0.1, -0.05) is 0 Å². The van der Waals surface area contributed by atoms with Crippen molar-refractivity contribution >= 4 is 43.7 Å². The number of nitrogens with two attached hydrogens (primary N) is 1. The van der Waals surface area contributed by atoms with Crippen LogP contribution in [0, 0.1) is 5.92 Å². The maximum atomic E-state index is 12.7. The highest BCUT2D eigenvalue weighted by molar-refractivity contribution is 9.10. The summed E-state index contributed by atoms with van der Waals surface area (Å²) in [6.07, 6.45) is 2.43. The van der Waals surface area contributed by atoms with Gasteiger partial charge in [0.1, 0.15) is 5.75 Å². The van der Waals surface area contributed by atoms with Crippen LogP contribution in [0.5, 0.6) is 5.75 Å². The number of hydrogen-bond acceptors (Lipinski definition) is 6. The number of halogens is 2. The normalized spacial score (nSPS) is 21.8. The van der Waals surface area contributed by atoms with E-state index in [2.05, 4.69) is 46.2 Å². The monoisotopic (exact) mass is 532 g/mol. The summed E-state index contributed by atoms with van der Waals surface area (Å²) in [7, 11) is 0. The first kappa shape index (κ1) is 22.8. The molecule has 2 heterocycles. The number of nitrogen functional groups attached to an aromatic ring is 1. The topological polar surface area (TPSA) is 80.1 Å². The highest BCUT2D eigenvalue weighted by Gasteiger charge is 2.26. The van der Waals surface area contributed by atoms with E-state index in [9.17, 15) is 4.79 Å². The van der Waals surface area contributed by atoms with Gasteiger partial charge in [0.2, 0.25) is 0 Å². The number of ether oxygens (including phenoxy) is 2. The van der Waals surface area contributed by atoms with Crippen molar-refractivity contribution in [3.8, 4) is 5.75 Å². The van der Waals surface area contributed by atoms with E-state index < -0.39 is 0 Å². The number of nitrogens with zero attached hydrogens (tertiary/aromatic N) is 2. The Morgan fingerprint density at radius 2 is 2.10 bits per heavy atom. The lowest BCUT2D eigenvalue weighted by Crippen LogP contribution is -2.49. The minimum atomic E-state index is -0.181. The highest BCUT2D eigenvalue weighted by atomic mass is 79.9. The third-order valence-corrected chi connectivity index (χ3v) is 6.83. The molecule has 2 aliphatic heterocycles. The second kappa shape index (κ2) is 10.9. The number of hydrogen-bond donors (Lipinski definition) is 2. The summed E-state index contributed by atoms with van der Waals surface area (Å²) < 4.78 is 14.4. The van der Waals surface area contributed by atoms with Gasteiger partial charge >= 0.3 is 0 Å². The molecule has 0 aromatic heterocycles. The Morgan fingerprint density at radius 3 is 2.83 bits per heavy atom. The van der Waals surface area contributed by atoms with Gasteiger partial charge in [-0.2, -0.15) is 0 Å². The van der Waals surface area contributed by atoms with E-state index in [1.54, 1.807) is 12.1 Å². The molecule has 1 aromatic carbocycles. The molecule has 3 N–H and O–H groups in total. The number of rotatable bonds is 7. The van der Waals surface area contributed by atoms with E-state index in [1.807, 2.05) is 6.92 Å². The second-order valence-corrected chi connectivity index (χ2v) is 9.48. The van der Waals surface area contributed by atoms with Crippen molar-refractivity contribution in [2.24, 2.45) is 5.92 Å². The minimum Gasteiger partial charge on any atom is -0.493 e. The predicted octanol–water partition coefficient (Wildman–Crippen LogP) is 2.88. The Kier molecular flexibility index (Phi) is 8.61. The molecule has 0 spiro atoms. The van der Waals surface area contributed by atoms with Crippen LogP contribution >= 0.6 is 32.1 Å². The van der Waals surface area contributed by atoms with Crippen LogP contribution in [-0.4, -0.2) is 73.3 Å². The minimum absolute atomic E-state index is 0.00303. The molecule has 0 bridgehead atoms. The molecule has 29 heavy (non-hydrogen) atoms. The molecular formula is C20H30Br2N4O3. The number of carbonyl (C=O) groups excluding carboxylic acids is 1. The summed E-state index contributed by atoms with van der Waals surface area (Å²) in [5, 5.41) is 3.00. The van der Waals surface area contributed by atoms with Crippen molar-refractivity contribution < 1.29 is 14.3 Å². The fourth-order valence-electron chi connectivity index (χ4n) is 3.84. The van der Waals surface area contributed by atoms with Crippen LogP contribution in [0.3, 0.4) is 0 Å². The molecule has 9 heteroatoms. The first-order chi connectivity index (χ1) is 14.0. The van der Waals surface area contributed by atoms with Gasteiger partial charge in [0.15, 0.2) is 0 Å². The van der Waals surface area contributed by atoms with E-state index in [0.29, 0.717) is 41.2 Å². The third-order valence-electron chi connectivity index (χ3n) is 5.43. The molecule has 0 saturated carbocycles. The van der Waals surface area contributed by atoms with E-state index >= 15 is 0 Å². The first-order valence-electron chi connectivity index (χ1n) is 10.2. The Balaban J connectivity index is 1.51. The summed E-state index contributed by atoms with van der Waals surface area (Å²) >= 11 is 6.96. The van der Waals surface area contributed by atoms with Gasteiger partial charge in [0, 0.05) is 71.6 Å². The molecule has 7 nitrogen and oxygen atoms in total. The van der Waals surface area contributed by atoms with Crippen molar-refractivity contribution in [3.63, 3.8) is 0 Å². The van der Waals surface area contributed by atoms with Crippen molar-refractivity contribution in [1.82, 2.24) is 14.1 Å². The predicted molar refractivity (Wildman–Crippen MR) is 121 cm³/mol. The summed E-state index contributed by atoms with van der Waals surface area (Å²) in [5.41, 5.74) is 6.94. The largest absolute Gasteiger partial charge is 0.493 e. The number of piperidine rings is 1. The van der Waals surface area contributed by atoms with Gasteiger partial charge in [-0.15, -0.1) is 0 Å². The zero-order valence-corrected chi connectivity index (χ0v) is 20.0. The number of nitrogens with one attached hydrogen (secondary N) is 1. The SMILES string of the molecule is CCOc1cc(N)c(Br)cc1C(=O)NCC1CN(CC2CCN(Br)CC2)CCO1. The van der Waals surface area contributed by atoms with Gasteiger partial charge in [-0.25, -0.2) is 3.93 Å². The van der Waals surface area contributed by atoms with E-state index in [-0.39, 0.29) is 12.0 Å². The number of anilines is 1. The van der Waals surface area contributed by atoms with Crippen LogP contribution in [0.15, 0.2) is 16.6 Å². The summed E-state index contributed by atoms with van der Waals surface area (Å²) in [6.45, 7) is 8.65.